The van der Waals surface area contributed by atoms with Gasteiger partial charge in [-0.15, -0.1) is 0 Å². The Morgan fingerprint density at radius 2 is 2.05 bits per heavy atom. The number of benzene rings is 1. The largest absolute Gasteiger partial charge is 0.479 e. The molecule has 1 atom stereocenters. The summed E-state index contributed by atoms with van der Waals surface area (Å²) in [5.41, 5.74) is 0.523. The SMILES string of the molecule is O=C(Cn1cc(Br)cn1)NC(C(=O)O)c1ccccc1. The van der Waals surface area contributed by atoms with Gasteiger partial charge in [-0.25, -0.2) is 4.79 Å². The lowest BCUT2D eigenvalue weighted by Gasteiger charge is -2.14. The van der Waals surface area contributed by atoms with Crippen molar-refractivity contribution in [2.75, 3.05) is 0 Å². The molecule has 1 heterocycles. The Labute approximate surface area is 123 Å². The fourth-order valence-corrected chi connectivity index (χ4v) is 2.04. The van der Waals surface area contributed by atoms with E-state index < -0.39 is 17.9 Å². The molecule has 1 amide bonds. The Morgan fingerprint density at radius 1 is 1.35 bits per heavy atom. The highest BCUT2D eigenvalue weighted by atomic mass is 79.9. The van der Waals surface area contributed by atoms with Gasteiger partial charge in [-0.1, -0.05) is 30.3 Å². The number of carbonyl (C=O) groups is 2. The van der Waals surface area contributed by atoms with Crippen molar-refractivity contribution in [1.29, 1.82) is 0 Å². The van der Waals surface area contributed by atoms with E-state index in [1.165, 1.54) is 4.68 Å². The predicted octanol–water partition coefficient (Wildman–Crippen LogP) is 1.59. The first-order valence-electron chi connectivity index (χ1n) is 5.81. The van der Waals surface area contributed by atoms with Crippen LogP contribution < -0.4 is 5.32 Å². The molecule has 6 nitrogen and oxygen atoms in total. The van der Waals surface area contributed by atoms with Gasteiger partial charge in [0.2, 0.25) is 5.91 Å². The molecular weight excluding hydrogens is 326 g/mol. The topological polar surface area (TPSA) is 84.2 Å². The minimum absolute atomic E-state index is 0.0395. The van der Waals surface area contributed by atoms with Gasteiger partial charge in [0.1, 0.15) is 6.54 Å². The Bertz CT molecular complexity index is 612. The molecule has 0 radical (unpaired) electrons. The number of nitrogens with one attached hydrogen (secondary N) is 1. The van der Waals surface area contributed by atoms with Gasteiger partial charge >= 0.3 is 5.97 Å². The van der Waals surface area contributed by atoms with Crippen molar-refractivity contribution < 1.29 is 14.7 Å². The third-order valence-electron chi connectivity index (χ3n) is 2.59. The average Bonchev–Trinajstić information content (AvgIpc) is 2.82. The summed E-state index contributed by atoms with van der Waals surface area (Å²) in [6.07, 6.45) is 3.19. The molecule has 104 valence electrons. The Hall–Kier alpha value is -2.15. The molecule has 0 saturated heterocycles. The van der Waals surface area contributed by atoms with E-state index in [0.29, 0.717) is 5.56 Å². The molecule has 1 aromatic heterocycles. The highest BCUT2D eigenvalue weighted by Gasteiger charge is 2.21. The van der Waals surface area contributed by atoms with E-state index in [0.717, 1.165) is 4.47 Å². The van der Waals surface area contributed by atoms with Gasteiger partial charge in [-0.3, -0.25) is 9.48 Å². The Balaban J connectivity index is 2.05. The van der Waals surface area contributed by atoms with Crippen LogP contribution >= 0.6 is 15.9 Å². The van der Waals surface area contributed by atoms with Gasteiger partial charge in [0.15, 0.2) is 6.04 Å². The molecule has 2 rings (SSSR count). The van der Waals surface area contributed by atoms with Gasteiger partial charge < -0.3 is 10.4 Å². The van der Waals surface area contributed by atoms with E-state index in [9.17, 15) is 14.7 Å². The average molecular weight is 338 g/mol. The van der Waals surface area contributed by atoms with Crippen LogP contribution in [0.15, 0.2) is 47.2 Å². The number of hydrogen-bond acceptors (Lipinski definition) is 3. The second kappa shape index (κ2) is 6.33. The highest BCUT2D eigenvalue weighted by Crippen LogP contribution is 2.13. The summed E-state index contributed by atoms with van der Waals surface area (Å²) >= 11 is 3.22. The maximum atomic E-state index is 11.9. The molecule has 1 unspecified atom stereocenters. The van der Waals surface area contributed by atoms with Crippen LogP contribution in [0.2, 0.25) is 0 Å². The molecule has 20 heavy (non-hydrogen) atoms. The first-order valence-corrected chi connectivity index (χ1v) is 6.60. The second-order valence-electron chi connectivity index (χ2n) is 4.11. The number of carboxylic acids is 1. The lowest BCUT2D eigenvalue weighted by Crippen LogP contribution is -2.35. The summed E-state index contributed by atoms with van der Waals surface area (Å²) in [5.74, 6) is -1.52. The van der Waals surface area contributed by atoms with Crippen molar-refractivity contribution >= 4 is 27.8 Å². The van der Waals surface area contributed by atoms with Crippen molar-refractivity contribution in [2.24, 2.45) is 0 Å². The van der Waals surface area contributed by atoms with Crippen LogP contribution in [0.5, 0.6) is 0 Å². The highest BCUT2D eigenvalue weighted by molar-refractivity contribution is 9.10. The zero-order chi connectivity index (χ0) is 14.5. The minimum Gasteiger partial charge on any atom is -0.479 e. The molecule has 2 N–H and O–H groups in total. The summed E-state index contributed by atoms with van der Waals surface area (Å²) in [5, 5.41) is 15.6. The van der Waals surface area contributed by atoms with Gasteiger partial charge in [0.05, 0.1) is 10.7 Å². The zero-order valence-electron chi connectivity index (χ0n) is 10.4. The molecule has 0 aliphatic heterocycles. The predicted molar refractivity (Wildman–Crippen MR) is 74.9 cm³/mol. The number of hydrogen-bond donors (Lipinski definition) is 2. The maximum absolute atomic E-state index is 11.9. The van der Waals surface area contributed by atoms with Crippen LogP contribution in [0.25, 0.3) is 0 Å². The number of aliphatic carboxylic acids is 1. The maximum Gasteiger partial charge on any atom is 0.330 e. The Kier molecular flexibility index (Phi) is 4.52. The lowest BCUT2D eigenvalue weighted by molar-refractivity contribution is -0.142. The first-order chi connectivity index (χ1) is 9.56. The summed E-state index contributed by atoms with van der Waals surface area (Å²) in [6.45, 7) is -0.0395. The number of nitrogens with zero attached hydrogens (tertiary/aromatic N) is 2. The number of carboxylic acid groups (broad SMARTS) is 1. The molecule has 0 aliphatic rings. The molecule has 0 aliphatic carbocycles. The minimum atomic E-state index is -1.11. The van der Waals surface area contributed by atoms with Crippen molar-refractivity contribution in [1.82, 2.24) is 15.1 Å². The number of carbonyl (C=O) groups excluding carboxylic acids is 1. The van der Waals surface area contributed by atoms with Crippen molar-refractivity contribution in [3.63, 3.8) is 0 Å². The van der Waals surface area contributed by atoms with Crippen LogP contribution in [0.1, 0.15) is 11.6 Å². The van der Waals surface area contributed by atoms with E-state index >= 15 is 0 Å². The van der Waals surface area contributed by atoms with Gasteiger partial charge in [-0.05, 0) is 21.5 Å². The van der Waals surface area contributed by atoms with Gasteiger partial charge in [0.25, 0.3) is 0 Å². The van der Waals surface area contributed by atoms with Crippen LogP contribution in [0, 0.1) is 0 Å². The second-order valence-corrected chi connectivity index (χ2v) is 5.02. The summed E-state index contributed by atoms with van der Waals surface area (Å²) in [7, 11) is 0. The molecule has 0 bridgehead atoms. The molecule has 2 aromatic rings. The monoisotopic (exact) mass is 337 g/mol. The summed E-state index contributed by atoms with van der Waals surface area (Å²) in [6, 6.07) is 7.48. The first kappa shape index (κ1) is 14.3. The number of aromatic nitrogens is 2. The molecule has 0 saturated carbocycles. The third kappa shape index (κ3) is 3.67. The van der Waals surface area contributed by atoms with Crippen LogP contribution in [0.3, 0.4) is 0 Å². The normalized spacial score (nSPS) is 11.8. The fourth-order valence-electron chi connectivity index (χ4n) is 1.71. The Morgan fingerprint density at radius 3 is 2.60 bits per heavy atom. The number of amides is 1. The van der Waals surface area contributed by atoms with Crippen molar-refractivity contribution in [3.05, 3.63) is 52.8 Å². The number of halogens is 1. The van der Waals surface area contributed by atoms with Crippen LogP contribution in [-0.4, -0.2) is 26.8 Å². The summed E-state index contributed by atoms with van der Waals surface area (Å²) in [4.78, 5) is 23.1. The van der Waals surface area contributed by atoms with Crippen molar-refractivity contribution in [3.8, 4) is 0 Å². The molecule has 0 spiro atoms. The smallest absolute Gasteiger partial charge is 0.330 e. The number of rotatable bonds is 5. The van der Waals surface area contributed by atoms with E-state index in [4.69, 9.17) is 0 Å². The quantitative estimate of drug-likeness (QED) is 0.867. The molecule has 0 fully saturated rings. The molecule has 1 aromatic carbocycles. The zero-order valence-corrected chi connectivity index (χ0v) is 11.9. The van der Waals surface area contributed by atoms with E-state index in [1.807, 2.05) is 0 Å². The van der Waals surface area contributed by atoms with E-state index in [2.05, 4.69) is 26.3 Å². The molecule has 7 heteroatoms. The summed E-state index contributed by atoms with van der Waals surface area (Å²) < 4.78 is 2.17. The third-order valence-corrected chi connectivity index (χ3v) is 3.00. The van der Waals surface area contributed by atoms with E-state index in [-0.39, 0.29) is 6.54 Å². The van der Waals surface area contributed by atoms with E-state index in [1.54, 1.807) is 42.7 Å². The van der Waals surface area contributed by atoms with Crippen molar-refractivity contribution in [2.45, 2.75) is 12.6 Å². The van der Waals surface area contributed by atoms with Gasteiger partial charge in [0, 0.05) is 6.20 Å². The van der Waals surface area contributed by atoms with Crippen LogP contribution in [0.4, 0.5) is 0 Å². The van der Waals surface area contributed by atoms with Gasteiger partial charge in [-0.2, -0.15) is 5.10 Å². The fraction of sp³-hybridized carbons (Fsp3) is 0.154. The standard InChI is InChI=1S/C13H12BrN3O3/c14-10-6-15-17(7-10)8-11(18)16-12(13(19)20)9-4-2-1-3-5-9/h1-7,12H,8H2,(H,16,18)(H,19,20). The molecular formula is C13H12BrN3O3. The van der Waals surface area contributed by atoms with Crippen LogP contribution in [-0.2, 0) is 16.1 Å². The lowest BCUT2D eigenvalue weighted by atomic mass is 10.1.